The molecular formula is C9H12N2O4S. The van der Waals surface area contributed by atoms with Gasteiger partial charge < -0.3 is 10.2 Å². The largest absolute Gasteiger partial charge is 0.480 e. The molecule has 0 amide bonds. The third kappa shape index (κ3) is 3.59. The monoisotopic (exact) mass is 244 g/mol. The molecule has 0 bridgehead atoms. The molecule has 0 saturated heterocycles. The minimum Gasteiger partial charge on any atom is -0.480 e. The van der Waals surface area contributed by atoms with Crippen molar-refractivity contribution in [2.75, 3.05) is 13.1 Å². The Balaban J connectivity index is 2.75. The Morgan fingerprint density at radius 1 is 1.44 bits per heavy atom. The maximum atomic E-state index is 10.6. The van der Waals surface area contributed by atoms with Crippen LogP contribution in [0.25, 0.3) is 0 Å². The number of aliphatic carboxylic acids is 2. The van der Waals surface area contributed by atoms with Crippen molar-refractivity contribution in [3.63, 3.8) is 0 Å². The van der Waals surface area contributed by atoms with Crippen molar-refractivity contribution in [1.29, 1.82) is 0 Å². The first kappa shape index (κ1) is 12.6. The summed E-state index contributed by atoms with van der Waals surface area (Å²) in [6, 6.07) is -0.264. The summed E-state index contributed by atoms with van der Waals surface area (Å²) in [7, 11) is 0. The van der Waals surface area contributed by atoms with Crippen LogP contribution in [0, 0.1) is 0 Å². The lowest BCUT2D eigenvalue weighted by molar-refractivity contribution is -0.142. The fourth-order valence-electron chi connectivity index (χ4n) is 1.29. The van der Waals surface area contributed by atoms with Crippen molar-refractivity contribution in [2.45, 2.75) is 13.0 Å². The van der Waals surface area contributed by atoms with Gasteiger partial charge in [0.05, 0.1) is 18.6 Å². The highest BCUT2D eigenvalue weighted by Crippen LogP contribution is 2.22. The molecule has 1 heterocycles. The van der Waals surface area contributed by atoms with Gasteiger partial charge in [-0.05, 0) is 6.92 Å². The second kappa shape index (κ2) is 5.57. The van der Waals surface area contributed by atoms with E-state index >= 15 is 0 Å². The Hall–Kier alpha value is -1.47. The fraction of sp³-hybridized carbons (Fsp3) is 0.444. The van der Waals surface area contributed by atoms with Crippen LogP contribution in [-0.4, -0.2) is 45.1 Å². The molecule has 0 spiro atoms. The number of hydrogen-bond acceptors (Lipinski definition) is 5. The average molecular weight is 244 g/mol. The Labute approximate surface area is 96.2 Å². The minimum atomic E-state index is -1.04. The molecule has 0 aliphatic carbocycles. The Bertz CT molecular complexity index is 350. The van der Waals surface area contributed by atoms with Gasteiger partial charge in [0, 0.05) is 17.1 Å². The van der Waals surface area contributed by atoms with Crippen molar-refractivity contribution in [2.24, 2.45) is 0 Å². The molecule has 1 atom stereocenters. The van der Waals surface area contributed by atoms with Gasteiger partial charge in [-0.25, -0.2) is 0 Å². The van der Waals surface area contributed by atoms with E-state index in [0.29, 0.717) is 0 Å². The minimum absolute atomic E-state index is 0.264. The van der Waals surface area contributed by atoms with E-state index in [9.17, 15) is 9.59 Å². The molecule has 0 aliphatic rings. The number of aromatic nitrogens is 1. The van der Waals surface area contributed by atoms with Gasteiger partial charge in [-0.3, -0.25) is 19.5 Å². The number of hydrogen-bond donors (Lipinski definition) is 2. The maximum Gasteiger partial charge on any atom is 0.317 e. The SMILES string of the molecule is CC(c1cncs1)N(CC(=O)O)CC(=O)O. The first-order chi connectivity index (χ1) is 7.50. The van der Waals surface area contributed by atoms with Crippen LogP contribution >= 0.6 is 11.3 Å². The van der Waals surface area contributed by atoms with Crippen LogP contribution in [0.4, 0.5) is 0 Å². The Kier molecular flexibility index (Phi) is 4.39. The molecule has 0 aliphatic heterocycles. The molecule has 6 nitrogen and oxygen atoms in total. The van der Waals surface area contributed by atoms with Crippen molar-refractivity contribution in [3.8, 4) is 0 Å². The van der Waals surface area contributed by atoms with E-state index in [-0.39, 0.29) is 19.1 Å². The molecule has 2 N–H and O–H groups in total. The predicted octanol–water partition coefficient (Wildman–Crippen LogP) is 0.675. The zero-order valence-corrected chi connectivity index (χ0v) is 9.48. The van der Waals surface area contributed by atoms with Gasteiger partial charge in [-0.1, -0.05) is 0 Å². The maximum absolute atomic E-state index is 10.6. The molecule has 7 heteroatoms. The number of carboxylic acids is 2. The molecular weight excluding hydrogens is 232 g/mol. The molecule has 1 aromatic rings. The first-order valence-electron chi connectivity index (χ1n) is 4.56. The van der Waals surface area contributed by atoms with Gasteiger partial charge in [-0.2, -0.15) is 0 Å². The highest BCUT2D eigenvalue weighted by Gasteiger charge is 2.21. The smallest absolute Gasteiger partial charge is 0.317 e. The van der Waals surface area contributed by atoms with Crippen molar-refractivity contribution < 1.29 is 19.8 Å². The molecule has 0 fully saturated rings. The van der Waals surface area contributed by atoms with Gasteiger partial charge in [0.15, 0.2) is 0 Å². The molecule has 0 aromatic carbocycles. The summed E-state index contributed by atoms with van der Waals surface area (Å²) in [5, 5.41) is 17.4. The van der Waals surface area contributed by atoms with Crippen LogP contribution in [0.1, 0.15) is 17.8 Å². The fourth-order valence-corrected chi connectivity index (χ4v) is 2.00. The summed E-state index contributed by atoms with van der Waals surface area (Å²) in [6.07, 6.45) is 1.62. The van der Waals surface area contributed by atoms with Gasteiger partial charge in [-0.15, -0.1) is 11.3 Å². The normalized spacial score (nSPS) is 12.6. The standard InChI is InChI=1S/C9H12N2O4S/c1-6(7-2-10-5-16-7)11(3-8(12)13)4-9(14)15/h2,5-6H,3-4H2,1H3,(H,12,13)(H,14,15). The third-order valence-electron chi connectivity index (χ3n) is 2.09. The zero-order chi connectivity index (χ0) is 12.1. The van der Waals surface area contributed by atoms with Gasteiger partial charge in [0.2, 0.25) is 0 Å². The zero-order valence-electron chi connectivity index (χ0n) is 8.66. The molecule has 16 heavy (non-hydrogen) atoms. The Morgan fingerprint density at radius 3 is 2.38 bits per heavy atom. The number of thiazole rings is 1. The van der Waals surface area contributed by atoms with Gasteiger partial charge >= 0.3 is 11.9 Å². The van der Waals surface area contributed by atoms with E-state index in [1.165, 1.54) is 16.2 Å². The highest BCUT2D eigenvalue weighted by atomic mass is 32.1. The van der Waals surface area contributed by atoms with E-state index in [0.717, 1.165) is 4.88 Å². The van der Waals surface area contributed by atoms with Crippen molar-refractivity contribution in [1.82, 2.24) is 9.88 Å². The van der Waals surface area contributed by atoms with Gasteiger partial charge in [0.1, 0.15) is 0 Å². The van der Waals surface area contributed by atoms with Crippen LogP contribution < -0.4 is 0 Å². The summed E-state index contributed by atoms with van der Waals surface area (Å²) in [5.74, 6) is -2.09. The highest BCUT2D eigenvalue weighted by molar-refractivity contribution is 7.09. The first-order valence-corrected chi connectivity index (χ1v) is 5.44. The van der Waals surface area contributed by atoms with Crippen LogP contribution in [-0.2, 0) is 9.59 Å². The van der Waals surface area contributed by atoms with E-state index in [4.69, 9.17) is 10.2 Å². The van der Waals surface area contributed by atoms with Crippen molar-refractivity contribution in [3.05, 3.63) is 16.6 Å². The summed E-state index contributed by atoms with van der Waals surface area (Å²) < 4.78 is 0. The number of nitrogens with zero attached hydrogens (tertiary/aromatic N) is 2. The van der Waals surface area contributed by atoms with Crippen LogP contribution in [0.2, 0.25) is 0 Å². The second-order valence-corrected chi connectivity index (χ2v) is 4.19. The molecule has 1 rings (SSSR count). The summed E-state index contributed by atoms with van der Waals surface area (Å²) in [4.78, 5) is 27.3. The molecule has 0 saturated carbocycles. The summed E-state index contributed by atoms with van der Waals surface area (Å²) in [6.45, 7) is 1.16. The average Bonchev–Trinajstić information content (AvgIpc) is 2.66. The van der Waals surface area contributed by atoms with E-state index in [1.807, 2.05) is 0 Å². The number of carbonyl (C=O) groups is 2. The Morgan fingerprint density at radius 2 is 2.00 bits per heavy atom. The van der Waals surface area contributed by atoms with Crippen molar-refractivity contribution >= 4 is 23.3 Å². The van der Waals surface area contributed by atoms with Crippen LogP contribution in [0.3, 0.4) is 0 Å². The quantitative estimate of drug-likeness (QED) is 0.764. The summed E-state index contributed by atoms with van der Waals surface area (Å²) >= 11 is 1.37. The number of carboxylic acid groups (broad SMARTS) is 2. The number of rotatable bonds is 6. The van der Waals surface area contributed by atoms with E-state index in [1.54, 1.807) is 18.6 Å². The van der Waals surface area contributed by atoms with E-state index < -0.39 is 11.9 Å². The lowest BCUT2D eigenvalue weighted by Gasteiger charge is -2.24. The molecule has 88 valence electrons. The predicted molar refractivity (Wildman–Crippen MR) is 57.4 cm³/mol. The topological polar surface area (TPSA) is 90.7 Å². The third-order valence-corrected chi connectivity index (χ3v) is 3.03. The van der Waals surface area contributed by atoms with E-state index in [2.05, 4.69) is 4.98 Å². The van der Waals surface area contributed by atoms with Crippen LogP contribution in [0.5, 0.6) is 0 Å². The molecule has 1 aromatic heterocycles. The molecule has 1 unspecified atom stereocenters. The van der Waals surface area contributed by atoms with Crippen LogP contribution in [0.15, 0.2) is 11.7 Å². The molecule has 0 radical (unpaired) electrons. The second-order valence-electron chi connectivity index (χ2n) is 3.27. The van der Waals surface area contributed by atoms with Gasteiger partial charge in [0.25, 0.3) is 0 Å². The summed E-state index contributed by atoms with van der Waals surface area (Å²) in [5.41, 5.74) is 1.63. The lowest BCUT2D eigenvalue weighted by Crippen LogP contribution is -2.36. The lowest BCUT2D eigenvalue weighted by atomic mass is 10.2.